The van der Waals surface area contributed by atoms with Gasteiger partial charge in [0, 0.05) is 37.3 Å². The Balaban J connectivity index is 2.31. The maximum atomic E-state index is 11.9. The molecular formula is C11H18F3N3. The molecule has 0 aliphatic carbocycles. The number of alkyl halides is 3. The fourth-order valence-electron chi connectivity index (χ4n) is 1.38. The summed E-state index contributed by atoms with van der Waals surface area (Å²) < 4.78 is 37.4. The Hall–Kier alpha value is -1.04. The van der Waals surface area contributed by atoms with Gasteiger partial charge in [-0.1, -0.05) is 13.8 Å². The number of hydrogen-bond donors (Lipinski definition) is 1. The van der Waals surface area contributed by atoms with Gasteiger partial charge in [-0.25, -0.2) is 0 Å². The van der Waals surface area contributed by atoms with Gasteiger partial charge in [-0.15, -0.1) is 0 Å². The Morgan fingerprint density at radius 3 is 2.71 bits per heavy atom. The molecule has 6 heteroatoms. The van der Waals surface area contributed by atoms with Crippen LogP contribution in [0, 0.1) is 0 Å². The molecule has 0 atom stereocenters. The van der Waals surface area contributed by atoms with Crippen LogP contribution in [0.5, 0.6) is 0 Å². The van der Waals surface area contributed by atoms with E-state index in [4.69, 9.17) is 0 Å². The van der Waals surface area contributed by atoms with Crippen molar-refractivity contribution in [2.75, 3.05) is 0 Å². The van der Waals surface area contributed by atoms with Crippen LogP contribution in [0.2, 0.25) is 0 Å². The highest BCUT2D eigenvalue weighted by molar-refractivity contribution is 5.03. The lowest BCUT2D eigenvalue weighted by Gasteiger charge is -2.06. The molecule has 1 aromatic rings. The lowest BCUT2D eigenvalue weighted by Crippen LogP contribution is -2.21. The summed E-state index contributed by atoms with van der Waals surface area (Å²) in [4.78, 5) is 0. The van der Waals surface area contributed by atoms with Crippen molar-refractivity contribution in [2.24, 2.45) is 0 Å². The van der Waals surface area contributed by atoms with Crippen LogP contribution >= 0.6 is 0 Å². The topological polar surface area (TPSA) is 29.9 Å². The Kier molecular flexibility index (Phi) is 4.99. The van der Waals surface area contributed by atoms with E-state index in [1.807, 2.05) is 13.8 Å². The summed E-state index contributed by atoms with van der Waals surface area (Å²) in [6.07, 6.45) is -1.29. The maximum absolute atomic E-state index is 11.9. The molecule has 0 saturated carbocycles. The first kappa shape index (κ1) is 14.0. The van der Waals surface area contributed by atoms with Gasteiger partial charge in [0.25, 0.3) is 0 Å². The Labute approximate surface area is 99.0 Å². The van der Waals surface area contributed by atoms with Crippen molar-refractivity contribution >= 4 is 0 Å². The molecule has 3 nitrogen and oxygen atoms in total. The van der Waals surface area contributed by atoms with Gasteiger partial charge in [-0.2, -0.15) is 18.3 Å². The zero-order valence-corrected chi connectivity index (χ0v) is 10.1. The molecule has 1 rings (SSSR count). The van der Waals surface area contributed by atoms with Crippen LogP contribution in [0.25, 0.3) is 0 Å². The van der Waals surface area contributed by atoms with Crippen molar-refractivity contribution in [3.63, 3.8) is 0 Å². The molecule has 1 aromatic heterocycles. The summed E-state index contributed by atoms with van der Waals surface area (Å²) in [7, 11) is 0. The second-order valence-electron chi connectivity index (χ2n) is 4.37. The minimum absolute atomic E-state index is 0.0717. The quantitative estimate of drug-likeness (QED) is 0.840. The van der Waals surface area contributed by atoms with E-state index in [2.05, 4.69) is 10.4 Å². The average molecular weight is 249 g/mol. The van der Waals surface area contributed by atoms with Crippen LogP contribution in [-0.4, -0.2) is 22.0 Å². The number of nitrogens with one attached hydrogen (secondary N) is 1. The number of halogens is 3. The summed E-state index contributed by atoms with van der Waals surface area (Å²) >= 11 is 0. The zero-order valence-electron chi connectivity index (χ0n) is 10.1. The van der Waals surface area contributed by atoms with Gasteiger partial charge >= 0.3 is 6.18 Å². The maximum Gasteiger partial charge on any atom is 0.389 e. The summed E-state index contributed by atoms with van der Waals surface area (Å²) in [6.45, 7) is 5.07. The zero-order chi connectivity index (χ0) is 12.9. The Morgan fingerprint density at radius 1 is 1.41 bits per heavy atom. The first-order valence-corrected chi connectivity index (χ1v) is 5.68. The number of nitrogens with zero attached hydrogens (tertiary/aromatic N) is 2. The molecule has 1 heterocycles. The first-order chi connectivity index (χ1) is 7.87. The molecule has 0 aliphatic rings. The molecule has 0 saturated heterocycles. The monoisotopic (exact) mass is 249 g/mol. The molecule has 0 amide bonds. The van der Waals surface area contributed by atoms with Crippen LogP contribution in [0.3, 0.4) is 0 Å². The van der Waals surface area contributed by atoms with Crippen LogP contribution in [0.1, 0.15) is 32.3 Å². The van der Waals surface area contributed by atoms with Crippen LogP contribution in [0.4, 0.5) is 13.2 Å². The van der Waals surface area contributed by atoms with Gasteiger partial charge < -0.3 is 5.32 Å². The van der Waals surface area contributed by atoms with E-state index in [1.165, 1.54) is 0 Å². The normalized spacial score (nSPS) is 12.4. The summed E-state index contributed by atoms with van der Waals surface area (Å²) in [5, 5.41) is 7.25. The molecular weight excluding hydrogens is 231 g/mol. The molecule has 0 unspecified atom stereocenters. The van der Waals surface area contributed by atoms with E-state index in [9.17, 15) is 13.2 Å². The van der Waals surface area contributed by atoms with E-state index in [0.717, 1.165) is 5.56 Å². The molecule has 17 heavy (non-hydrogen) atoms. The van der Waals surface area contributed by atoms with Crippen LogP contribution < -0.4 is 5.32 Å². The Bertz CT molecular complexity index is 331. The van der Waals surface area contributed by atoms with Gasteiger partial charge in [-0.3, -0.25) is 4.68 Å². The fraction of sp³-hybridized carbons (Fsp3) is 0.727. The van der Waals surface area contributed by atoms with Gasteiger partial charge in [0.2, 0.25) is 0 Å². The van der Waals surface area contributed by atoms with E-state index < -0.39 is 12.6 Å². The van der Waals surface area contributed by atoms with E-state index in [1.54, 1.807) is 17.1 Å². The van der Waals surface area contributed by atoms with Crippen molar-refractivity contribution < 1.29 is 13.2 Å². The van der Waals surface area contributed by atoms with Crippen molar-refractivity contribution in [2.45, 2.75) is 52.0 Å². The standard InChI is InChI=1S/C11H18F3N3/c1-9(2)15-6-10-7-16-17(8-10)5-3-4-11(12,13)14/h7-9,15H,3-6H2,1-2H3. The third-order valence-electron chi connectivity index (χ3n) is 2.25. The lowest BCUT2D eigenvalue weighted by atomic mass is 10.3. The third-order valence-corrected chi connectivity index (χ3v) is 2.25. The first-order valence-electron chi connectivity index (χ1n) is 5.68. The van der Waals surface area contributed by atoms with Gasteiger partial charge in [0.05, 0.1) is 6.20 Å². The van der Waals surface area contributed by atoms with Crippen molar-refractivity contribution in [3.05, 3.63) is 18.0 Å². The second-order valence-corrected chi connectivity index (χ2v) is 4.37. The minimum Gasteiger partial charge on any atom is -0.310 e. The highest BCUT2D eigenvalue weighted by Crippen LogP contribution is 2.21. The second kappa shape index (κ2) is 6.05. The smallest absolute Gasteiger partial charge is 0.310 e. The largest absolute Gasteiger partial charge is 0.389 e. The molecule has 0 aromatic carbocycles. The van der Waals surface area contributed by atoms with Crippen molar-refractivity contribution in [1.82, 2.24) is 15.1 Å². The lowest BCUT2D eigenvalue weighted by molar-refractivity contribution is -0.136. The Morgan fingerprint density at radius 2 is 2.12 bits per heavy atom. The predicted octanol–water partition coefficient (Wildman–Crippen LogP) is 2.72. The molecule has 98 valence electrons. The van der Waals surface area contributed by atoms with E-state index in [0.29, 0.717) is 19.1 Å². The minimum atomic E-state index is -4.07. The summed E-state index contributed by atoms with van der Waals surface area (Å²) in [6, 6.07) is 0.378. The fourth-order valence-corrected chi connectivity index (χ4v) is 1.38. The molecule has 0 bridgehead atoms. The third kappa shape index (κ3) is 6.31. The SMILES string of the molecule is CC(C)NCc1cnn(CCCC(F)(F)F)c1. The van der Waals surface area contributed by atoms with E-state index >= 15 is 0 Å². The number of hydrogen-bond acceptors (Lipinski definition) is 2. The highest BCUT2D eigenvalue weighted by atomic mass is 19.4. The summed E-state index contributed by atoms with van der Waals surface area (Å²) in [5.74, 6) is 0. The van der Waals surface area contributed by atoms with Crippen molar-refractivity contribution in [1.29, 1.82) is 0 Å². The van der Waals surface area contributed by atoms with Gasteiger partial charge in [0.1, 0.15) is 0 Å². The summed E-state index contributed by atoms with van der Waals surface area (Å²) in [5.41, 5.74) is 0.991. The number of aryl methyl sites for hydroxylation is 1. The molecule has 0 aliphatic heterocycles. The predicted molar refractivity (Wildman–Crippen MR) is 59.5 cm³/mol. The number of aromatic nitrogens is 2. The molecule has 0 spiro atoms. The van der Waals surface area contributed by atoms with Crippen LogP contribution in [0.15, 0.2) is 12.4 Å². The van der Waals surface area contributed by atoms with Gasteiger partial charge in [-0.05, 0) is 6.42 Å². The average Bonchev–Trinajstić information content (AvgIpc) is 2.61. The molecule has 0 radical (unpaired) electrons. The molecule has 1 N–H and O–H groups in total. The number of rotatable bonds is 6. The van der Waals surface area contributed by atoms with Crippen molar-refractivity contribution in [3.8, 4) is 0 Å². The molecule has 0 fully saturated rings. The van der Waals surface area contributed by atoms with Gasteiger partial charge in [0.15, 0.2) is 0 Å². The van der Waals surface area contributed by atoms with Crippen LogP contribution in [-0.2, 0) is 13.1 Å². The van der Waals surface area contributed by atoms with E-state index in [-0.39, 0.29) is 6.42 Å². The highest BCUT2D eigenvalue weighted by Gasteiger charge is 2.25.